The van der Waals surface area contributed by atoms with E-state index in [0.29, 0.717) is 5.92 Å². The first-order valence-corrected chi connectivity index (χ1v) is 10.5. The van der Waals surface area contributed by atoms with Crippen molar-refractivity contribution in [2.24, 2.45) is 5.92 Å². The maximum absolute atomic E-state index is 6.05. The molecule has 2 aliphatic heterocycles. The second kappa shape index (κ2) is 7.58. The quantitative estimate of drug-likeness (QED) is 0.521. The van der Waals surface area contributed by atoms with Gasteiger partial charge in [-0.15, -0.1) is 0 Å². The van der Waals surface area contributed by atoms with Gasteiger partial charge in [0.15, 0.2) is 0 Å². The lowest BCUT2D eigenvalue weighted by Crippen LogP contribution is -2.41. The Hall–Kier alpha value is -2.17. The summed E-state index contributed by atoms with van der Waals surface area (Å²) >= 11 is 0. The summed E-state index contributed by atoms with van der Waals surface area (Å²) in [5, 5.41) is 9.66. The molecule has 0 saturated carbocycles. The summed E-state index contributed by atoms with van der Waals surface area (Å²) < 4.78 is 12.1. The van der Waals surface area contributed by atoms with Crippen LogP contribution in [0, 0.1) is 5.92 Å². The molecule has 1 atom stereocenters. The van der Waals surface area contributed by atoms with Crippen LogP contribution in [-0.4, -0.2) is 25.3 Å². The van der Waals surface area contributed by atoms with Crippen molar-refractivity contribution in [2.75, 3.05) is 10.5 Å². The summed E-state index contributed by atoms with van der Waals surface area (Å²) in [6.07, 6.45) is 7.35. The Bertz CT molecular complexity index is 898. The summed E-state index contributed by atoms with van der Waals surface area (Å²) in [5.41, 5.74) is 1.81. The smallest absolute Gasteiger partial charge is 0.405 e. The van der Waals surface area contributed by atoms with Crippen LogP contribution in [0.1, 0.15) is 34.6 Å². The van der Waals surface area contributed by atoms with E-state index in [0.717, 1.165) is 6.32 Å². The van der Waals surface area contributed by atoms with Gasteiger partial charge < -0.3 is 19.8 Å². The van der Waals surface area contributed by atoms with Crippen LogP contribution in [0.3, 0.4) is 0 Å². The normalized spacial score (nSPS) is 21.0. The first kappa shape index (κ1) is 20.1. The molecule has 0 spiro atoms. The fourth-order valence-corrected chi connectivity index (χ4v) is 3.87. The minimum atomic E-state index is -0.269. The van der Waals surface area contributed by atoms with Gasteiger partial charge in [0.05, 0.1) is 11.2 Å². The molecule has 6 heteroatoms. The average Bonchev–Trinajstić information content (AvgIpc) is 2.87. The molecule has 2 aliphatic rings. The summed E-state index contributed by atoms with van der Waals surface area (Å²) in [5.74, 6) is 2.52. The van der Waals surface area contributed by atoms with Crippen LogP contribution in [0.15, 0.2) is 60.6 Å². The molecule has 1 unspecified atom stereocenters. The van der Waals surface area contributed by atoms with Gasteiger partial charge in [0.25, 0.3) is 0 Å². The number of allylic oxidation sites excluding steroid dienone is 3. The van der Waals surface area contributed by atoms with Crippen LogP contribution >= 0.6 is 0 Å². The number of hydrogen-bond acceptors (Lipinski definition) is 4. The monoisotopic (exact) mass is 388 g/mol. The molecule has 4 nitrogen and oxygen atoms in total. The Morgan fingerprint density at radius 3 is 2.10 bits per heavy atom. The molecule has 1 saturated heterocycles. The van der Waals surface area contributed by atoms with Crippen LogP contribution in [0.25, 0.3) is 10.8 Å². The van der Waals surface area contributed by atoms with Gasteiger partial charge in [0, 0.05) is 23.1 Å². The van der Waals surface area contributed by atoms with Gasteiger partial charge in [-0.1, -0.05) is 55.4 Å². The standard InChI is InChI=1S/C23H30B2N2O2/c1-17(9-8-15-25-28-22(2,3)23(4,5)29-25)14-16-24-26-19-12-6-10-18-11-7-13-20(27-24)21(18)19/h6-14,16-17,26-27H,15H2,1-5H3/b9-8-,16-14-. The highest BCUT2D eigenvalue weighted by atomic mass is 16.7. The number of rotatable bonds is 5. The highest BCUT2D eigenvalue weighted by Crippen LogP contribution is 2.38. The molecule has 2 heterocycles. The molecule has 2 aromatic rings. The summed E-state index contributed by atoms with van der Waals surface area (Å²) in [7, 11) is -0.175. The minimum absolute atomic E-state index is 0.0782. The van der Waals surface area contributed by atoms with Crippen LogP contribution in [0.4, 0.5) is 11.4 Å². The lowest BCUT2D eigenvalue weighted by atomic mass is 9.72. The van der Waals surface area contributed by atoms with E-state index in [-0.39, 0.29) is 25.3 Å². The SMILES string of the molecule is CC(/C=C\CB1OC(C)(C)C(C)(C)O1)/C=C\B1Nc2cccc3cccc(c23)N1. The molecular formula is C23H30B2N2O2. The number of benzene rings is 2. The van der Waals surface area contributed by atoms with Crippen molar-refractivity contribution < 1.29 is 9.31 Å². The minimum Gasteiger partial charge on any atom is -0.405 e. The van der Waals surface area contributed by atoms with Gasteiger partial charge in [-0.3, -0.25) is 0 Å². The predicted octanol–water partition coefficient (Wildman–Crippen LogP) is 5.55. The fraction of sp³-hybridized carbons (Fsp3) is 0.391. The zero-order valence-electron chi connectivity index (χ0n) is 18.0. The topological polar surface area (TPSA) is 42.5 Å². The second-order valence-electron chi connectivity index (χ2n) is 9.07. The Labute approximate surface area is 175 Å². The molecule has 0 aromatic heterocycles. The summed E-state index contributed by atoms with van der Waals surface area (Å²) in [4.78, 5) is 0. The zero-order valence-corrected chi connectivity index (χ0v) is 18.0. The van der Waals surface area contributed by atoms with Gasteiger partial charge in [-0.05, 0) is 51.1 Å². The maximum Gasteiger partial charge on any atom is 0.461 e. The fourth-order valence-electron chi connectivity index (χ4n) is 3.87. The maximum atomic E-state index is 6.05. The van der Waals surface area contributed by atoms with Crippen LogP contribution in [0.2, 0.25) is 6.32 Å². The van der Waals surface area contributed by atoms with E-state index in [4.69, 9.17) is 9.31 Å². The zero-order chi connectivity index (χ0) is 20.6. The average molecular weight is 388 g/mol. The van der Waals surface area contributed by atoms with Crippen molar-refractivity contribution in [2.45, 2.75) is 52.1 Å². The van der Waals surface area contributed by atoms with Crippen molar-refractivity contribution in [3.63, 3.8) is 0 Å². The van der Waals surface area contributed by atoms with Crippen LogP contribution < -0.4 is 10.5 Å². The van der Waals surface area contributed by atoms with Crippen molar-refractivity contribution >= 4 is 36.2 Å². The molecule has 1 fully saturated rings. The predicted molar refractivity (Wildman–Crippen MR) is 125 cm³/mol. The third kappa shape index (κ3) is 4.10. The van der Waals surface area contributed by atoms with Crippen molar-refractivity contribution in [1.29, 1.82) is 0 Å². The van der Waals surface area contributed by atoms with E-state index in [9.17, 15) is 0 Å². The van der Waals surface area contributed by atoms with Crippen molar-refractivity contribution in [3.05, 3.63) is 60.6 Å². The first-order chi connectivity index (χ1) is 13.7. The molecule has 0 radical (unpaired) electrons. The van der Waals surface area contributed by atoms with Gasteiger partial charge in [-0.2, -0.15) is 0 Å². The Kier molecular flexibility index (Phi) is 5.26. The Morgan fingerprint density at radius 1 is 0.931 bits per heavy atom. The Balaban J connectivity index is 1.34. The van der Waals surface area contributed by atoms with Gasteiger partial charge in [0.1, 0.15) is 0 Å². The molecule has 0 aliphatic carbocycles. The van der Waals surface area contributed by atoms with Gasteiger partial charge in [0.2, 0.25) is 0 Å². The van der Waals surface area contributed by atoms with E-state index in [1.54, 1.807) is 0 Å². The number of hydrogen-bond donors (Lipinski definition) is 2. The van der Waals surface area contributed by atoms with Crippen LogP contribution in [-0.2, 0) is 9.31 Å². The molecule has 2 aromatic carbocycles. The van der Waals surface area contributed by atoms with E-state index in [1.165, 1.54) is 22.1 Å². The Morgan fingerprint density at radius 2 is 1.52 bits per heavy atom. The lowest BCUT2D eigenvalue weighted by molar-refractivity contribution is 0.00578. The van der Waals surface area contributed by atoms with E-state index >= 15 is 0 Å². The molecule has 29 heavy (non-hydrogen) atoms. The molecular weight excluding hydrogens is 358 g/mol. The van der Waals surface area contributed by atoms with E-state index < -0.39 is 0 Å². The summed E-state index contributed by atoms with van der Waals surface area (Å²) in [6, 6.07) is 12.8. The molecule has 2 N–H and O–H groups in total. The molecule has 4 rings (SSSR count). The van der Waals surface area contributed by atoms with Crippen molar-refractivity contribution in [3.8, 4) is 0 Å². The van der Waals surface area contributed by atoms with E-state index in [2.05, 4.69) is 106 Å². The third-order valence-electron chi connectivity index (χ3n) is 6.20. The van der Waals surface area contributed by atoms with Crippen LogP contribution in [0.5, 0.6) is 0 Å². The number of anilines is 2. The largest absolute Gasteiger partial charge is 0.461 e. The highest BCUT2D eigenvalue weighted by Gasteiger charge is 2.50. The third-order valence-corrected chi connectivity index (χ3v) is 6.20. The van der Waals surface area contributed by atoms with E-state index in [1.807, 2.05) is 0 Å². The summed E-state index contributed by atoms with van der Waals surface area (Å²) in [6.45, 7) is 10.6. The highest BCUT2D eigenvalue weighted by molar-refractivity contribution is 6.72. The molecule has 0 amide bonds. The number of nitrogens with one attached hydrogen (secondary N) is 2. The molecule has 0 bridgehead atoms. The van der Waals surface area contributed by atoms with Gasteiger partial charge >= 0.3 is 14.1 Å². The lowest BCUT2D eigenvalue weighted by Gasteiger charge is -2.32. The van der Waals surface area contributed by atoms with Crippen molar-refractivity contribution in [1.82, 2.24) is 0 Å². The van der Waals surface area contributed by atoms with Gasteiger partial charge in [-0.25, -0.2) is 0 Å². The second-order valence-corrected chi connectivity index (χ2v) is 9.07. The first-order valence-electron chi connectivity index (χ1n) is 10.5. The molecule has 150 valence electrons.